The van der Waals surface area contributed by atoms with Gasteiger partial charge < -0.3 is 19.3 Å². The van der Waals surface area contributed by atoms with Crippen molar-refractivity contribution in [2.75, 3.05) is 13.2 Å². The van der Waals surface area contributed by atoms with E-state index in [2.05, 4.69) is 32.4 Å². The fourth-order valence-corrected chi connectivity index (χ4v) is 2.52. The molecule has 0 bridgehead atoms. The monoisotopic (exact) mass is 634 g/mol. The first-order chi connectivity index (χ1) is 16.9. The molecule has 8 nitrogen and oxygen atoms in total. The Bertz CT molecular complexity index is 928. The number of hydrogen-bond donors (Lipinski definition) is 1. The van der Waals surface area contributed by atoms with Crippen LogP contribution in [-0.2, 0) is 9.47 Å². The number of ether oxygens (including phenoxy) is 3. The molecule has 10 heteroatoms. The number of aldehydes is 1. The molecular weight excluding hydrogens is 603 g/mol. The number of carbonyl (C=O) groups excluding carboxylic acids is 4. The van der Waals surface area contributed by atoms with Gasteiger partial charge in [0.05, 0.1) is 13.2 Å². The summed E-state index contributed by atoms with van der Waals surface area (Å²) in [7, 11) is 0. The van der Waals surface area contributed by atoms with Crippen molar-refractivity contribution in [3.8, 4) is 11.5 Å². The second-order valence-corrected chi connectivity index (χ2v) is 9.45. The van der Waals surface area contributed by atoms with Crippen LogP contribution < -0.4 is 4.74 Å². The van der Waals surface area contributed by atoms with Crippen LogP contribution in [-0.4, -0.2) is 40.0 Å². The van der Waals surface area contributed by atoms with E-state index in [0.717, 1.165) is 19.1 Å². The number of rotatable bonds is 9. The third-order valence-corrected chi connectivity index (χ3v) is 4.87. The molecule has 0 radical (unpaired) electrons. The van der Waals surface area contributed by atoms with E-state index in [4.69, 9.17) is 26.2 Å². The summed E-state index contributed by atoms with van der Waals surface area (Å²) in [6.45, 7) is 8.99. The lowest BCUT2D eigenvalue weighted by Gasteiger charge is -2.07. The summed E-state index contributed by atoms with van der Waals surface area (Å²) in [6, 6.07) is 12.4. The van der Waals surface area contributed by atoms with Gasteiger partial charge in [0.15, 0.2) is 0 Å². The van der Waals surface area contributed by atoms with E-state index >= 15 is 0 Å². The van der Waals surface area contributed by atoms with Gasteiger partial charge in [-0.2, -0.15) is 0 Å². The van der Waals surface area contributed by atoms with Gasteiger partial charge in [0.1, 0.15) is 17.8 Å². The number of phenolic OH excluding ortho intramolecular Hbond substituents is 1. The molecule has 2 aromatic rings. The molecule has 0 amide bonds. The quantitative estimate of drug-likeness (QED) is 0.0995. The first-order valence-corrected chi connectivity index (χ1v) is 12.6. The lowest BCUT2D eigenvalue weighted by molar-refractivity contribution is 0.0948. The lowest BCUT2D eigenvalue weighted by Crippen LogP contribution is -2.12. The minimum absolute atomic E-state index is 0.0568. The van der Waals surface area contributed by atoms with Crippen molar-refractivity contribution < 1.29 is 38.5 Å². The van der Waals surface area contributed by atoms with Crippen molar-refractivity contribution in [1.29, 1.82) is 0 Å². The molecular formula is C26H32ClIO8. The molecule has 0 spiro atoms. The van der Waals surface area contributed by atoms with Crippen molar-refractivity contribution >= 4 is 55.9 Å². The maximum atomic E-state index is 11.3. The van der Waals surface area contributed by atoms with Crippen LogP contribution in [0.1, 0.15) is 61.3 Å². The van der Waals surface area contributed by atoms with E-state index in [1.807, 2.05) is 0 Å². The Labute approximate surface area is 230 Å². The highest BCUT2D eigenvalue weighted by atomic mass is 127. The third kappa shape index (κ3) is 18.6. The molecule has 198 valence electrons. The van der Waals surface area contributed by atoms with Gasteiger partial charge in [0.2, 0.25) is 3.79 Å². The lowest BCUT2D eigenvalue weighted by atomic mass is 10.1. The molecule has 0 aliphatic rings. The first-order valence-electron chi connectivity index (χ1n) is 11.2. The van der Waals surface area contributed by atoms with Gasteiger partial charge in [-0.25, -0.2) is 9.59 Å². The number of phenols is 1. The Morgan fingerprint density at radius 2 is 1.39 bits per heavy atom. The van der Waals surface area contributed by atoms with E-state index in [1.54, 1.807) is 59.0 Å². The molecule has 0 aliphatic heterocycles. The smallest absolute Gasteiger partial charge is 0.508 e. The van der Waals surface area contributed by atoms with E-state index < -0.39 is 11.6 Å². The highest BCUT2D eigenvalue weighted by molar-refractivity contribution is 14.1. The average molecular weight is 635 g/mol. The zero-order chi connectivity index (χ0) is 27.5. The molecule has 36 heavy (non-hydrogen) atoms. The number of carbonyl (C=O) groups is 4. The molecule has 0 unspecified atom stereocenters. The number of aromatic hydroxyl groups is 1. The van der Waals surface area contributed by atoms with E-state index in [-0.39, 0.29) is 9.54 Å². The summed E-state index contributed by atoms with van der Waals surface area (Å²) in [6.07, 6.45) is 1.69. The zero-order valence-electron chi connectivity index (χ0n) is 20.7. The summed E-state index contributed by atoms with van der Waals surface area (Å²) in [5.74, 6) is 1.58. The molecule has 0 heterocycles. The molecule has 0 aliphatic carbocycles. The Hall–Kier alpha value is -2.66. The summed E-state index contributed by atoms with van der Waals surface area (Å²) < 4.78 is 14.3. The summed E-state index contributed by atoms with van der Waals surface area (Å²) in [5, 5.41) is 8.74. The largest absolute Gasteiger partial charge is 0.513 e. The third-order valence-electron chi connectivity index (χ3n) is 4.14. The van der Waals surface area contributed by atoms with Crippen molar-refractivity contribution in [2.45, 2.75) is 40.5 Å². The Morgan fingerprint density at radius 1 is 0.889 bits per heavy atom. The summed E-state index contributed by atoms with van der Waals surface area (Å²) in [4.78, 5) is 42.3. The van der Waals surface area contributed by atoms with Crippen molar-refractivity contribution in [2.24, 2.45) is 11.8 Å². The SMILES string of the molecule is CC(C)CCOC(=O)Cl.CC(C)CCOC(=O)Oc1ccc(C(=O)I)cc1.O=Cc1ccc(O)cc1. The normalized spacial score (nSPS) is 9.78. The fourth-order valence-electron chi connectivity index (χ4n) is 2.09. The van der Waals surface area contributed by atoms with E-state index in [9.17, 15) is 19.2 Å². The van der Waals surface area contributed by atoms with Gasteiger partial charge in [-0.15, -0.1) is 0 Å². The predicted molar refractivity (Wildman–Crippen MR) is 146 cm³/mol. The van der Waals surface area contributed by atoms with Crippen LogP contribution in [0, 0.1) is 11.8 Å². The molecule has 0 atom stereocenters. The van der Waals surface area contributed by atoms with Gasteiger partial charge >= 0.3 is 11.6 Å². The summed E-state index contributed by atoms with van der Waals surface area (Å²) >= 11 is 6.60. The van der Waals surface area contributed by atoms with E-state index in [1.165, 1.54) is 12.1 Å². The topological polar surface area (TPSA) is 116 Å². The van der Waals surface area contributed by atoms with Gasteiger partial charge in [0.25, 0.3) is 0 Å². The minimum atomic E-state index is -0.718. The van der Waals surface area contributed by atoms with Crippen LogP contribution in [0.4, 0.5) is 9.59 Å². The predicted octanol–water partition coefficient (Wildman–Crippen LogP) is 7.44. The molecule has 2 aromatic carbocycles. The van der Waals surface area contributed by atoms with Crippen molar-refractivity contribution in [3.05, 3.63) is 59.7 Å². The van der Waals surface area contributed by atoms with Crippen LogP contribution in [0.3, 0.4) is 0 Å². The van der Waals surface area contributed by atoms with Crippen LogP contribution >= 0.6 is 34.2 Å². The maximum Gasteiger partial charge on any atom is 0.513 e. The van der Waals surface area contributed by atoms with Crippen molar-refractivity contribution in [1.82, 2.24) is 0 Å². The van der Waals surface area contributed by atoms with Crippen molar-refractivity contribution in [3.63, 3.8) is 0 Å². The molecule has 1 N–H and O–H groups in total. The van der Waals surface area contributed by atoms with Crippen LogP contribution in [0.2, 0.25) is 0 Å². The standard InChI is InChI=1S/C13H15IO4.C7H6O2.C6H11ClO2/c1-9(2)7-8-17-13(16)18-11-5-3-10(4-6-11)12(14)15;8-5-6-1-3-7(9)4-2-6;1-5(2)3-4-9-6(7)8/h3-6,9H,7-8H2,1-2H3;1-5,9H;5H,3-4H2,1-2H3. The van der Waals surface area contributed by atoms with Crippen LogP contribution in [0.25, 0.3) is 0 Å². The van der Waals surface area contributed by atoms with Gasteiger partial charge in [0, 0.05) is 45.3 Å². The highest BCUT2D eigenvalue weighted by Crippen LogP contribution is 2.15. The molecule has 2 rings (SSSR count). The first kappa shape index (κ1) is 33.3. The second-order valence-electron chi connectivity index (χ2n) is 8.16. The Kier molecular flexibility index (Phi) is 18.1. The Morgan fingerprint density at radius 3 is 1.81 bits per heavy atom. The summed E-state index contributed by atoms with van der Waals surface area (Å²) in [5.41, 5.74) is 0.430. The highest BCUT2D eigenvalue weighted by Gasteiger charge is 2.07. The fraction of sp³-hybridized carbons (Fsp3) is 0.385. The van der Waals surface area contributed by atoms with Gasteiger partial charge in [-0.3, -0.25) is 9.59 Å². The maximum absolute atomic E-state index is 11.3. The molecule has 0 aromatic heterocycles. The minimum Gasteiger partial charge on any atom is -0.508 e. The zero-order valence-corrected chi connectivity index (χ0v) is 23.7. The average Bonchev–Trinajstić information content (AvgIpc) is 2.80. The van der Waals surface area contributed by atoms with Gasteiger partial charge in [-0.05, 0) is 73.2 Å². The number of benzene rings is 2. The number of hydrogen-bond acceptors (Lipinski definition) is 8. The molecule has 0 saturated carbocycles. The Balaban J connectivity index is 0.000000570. The second kappa shape index (κ2) is 19.5. The molecule has 0 saturated heterocycles. The molecule has 0 fully saturated rings. The number of halogens is 2. The van der Waals surface area contributed by atoms with E-state index in [0.29, 0.717) is 41.9 Å². The van der Waals surface area contributed by atoms with Crippen LogP contribution in [0.5, 0.6) is 11.5 Å². The van der Waals surface area contributed by atoms with Crippen LogP contribution in [0.15, 0.2) is 48.5 Å². The van der Waals surface area contributed by atoms with Gasteiger partial charge in [-0.1, -0.05) is 27.7 Å².